The minimum Gasteiger partial charge on any atom is -0.350 e. The minimum atomic E-state index is -0.0610. The second-order valence-electron chi connectivity index (χ2n) is 7.40. The van der Waals surface area contributed by atoms with Crippen LogP contribution in [0.5, 0.6) is 0 Å². The molecule has 1 aliphatic carbocycles. The zero-order valence-corrected chi connectivity index (χ0v) is 16.2. The average Bonchev–Trinajstić information content (AvgIpc) is 3.26. The van der Waals surface area contributed by atoms with Crippen LogP contribution in [0.25, 0.3) is 0 Å². The van der Waals surface area contributed by atoms with Gasteiger partial charge in [0.15, 0.2) is 5.82 Å². The molecule has 2 aliphatic rings. The molecule has 1 aromatic heterocycles. The maximum atomic E-state index is 8.64. The van der Waals surface area contributed by atoms with E-state index in [1.165, 1.54) is 24.7 Å². The summed E-state index contributed by atoms with van der Waals surface area (Å²) >= 11 is 0. The summed E-state index contributed by atoms with van der Waals surface area (Å²) in [6.45, 7) is 2.76. The van der Waals surface area contributed by atoms with Gasteiger partial charge in [-0.1, -0.05) is 50.1 Å². The first-order chi connectivity index (χ1) is 13.7. The monoisotopic (exact) mass is 377 g/mol. The van der Waals surface area contributed by atoms with E-state index in [9.17, 15) is 0 Å². The second-order valence-corrected chi connectivity index (χ2v) is 7.40. The van der Waals surface area contributed by atoms with Crippen molar-refractivity contribution in [1.29, 1.82) is 10.8 Å². The van der Waals surface area contributed by atoms with E-state index in [1.54, 1.807) is 11.1 Å². The molecule has 0 radical (unpaired) electrons. The predicted octanol–water partition coefficient (Wildman–Crippen LogP) is 4.02. The van der Waals surface area contributed by atoms with Gasteiger partial charge in [0, 0.05) is 12.6 Å². The molecule has 2 aromatic rings. The number of nitrogens with one attached hydrogen (secondary N) is 3. The van der Waals surface area contributed by atoms with Crippen LogP contribution in [-0.2, 0) is 6.54 Å². The molecule has 2 heterocycles. The fraction of sp³-hybridized carbons (Fsp3) is 0.429. The zero-order chi connectivity index (χ0) is 19.5. The number of aromatic nitrogens is 2. The summed E-state index contributed by atoms with van der Waals surface area (Å²) in [5.41, 5.74) is 1.90. The highest BCUT2D eigenvalue weighted by Gasteiger charge is 2.40. The highest BCUT2D eigenvalue weighted by Crippen LogP contribution is 2.39. The van der Waals surface area contributed by atoms with Crippen molar-refractivity contribution in [3.8, 4) is 0 Å². The third-order valence-electron chi connectivity index (χ3n) is 5.69. The van der Waals surface area contributed by atoms with Crippen LogP contribution in [0.2, 0.25) is 0 Å². The molecular formula is C21H27N7. The summed E-state index contributed by atoms with van der Waals surface area (Å²) in [4.78, 5) is 13.2. The first-order valence-electron chi connectivity index (χ1n) is 10.0. The van der Waals surface area contributed by atoms with Gasteiger partial charge in [0.05, 0.1) is 18.6 Å². The van der Waals surface area contributed by atoms with Gasteiger partial charge in [-0.05, 0) is 24.8 Å². The van der Waals surface area contributed by atoms with Crippen LogP contribution in [0.1, 0.15) is 44.6 Å². The van der Waals surface area contributed by atoms with E-state index in [0.717, 1.165) is 30.8 Å². The van der Waals surface area contributed by atoms with Gasteiger partial charge >= 0.3 is 0 Å². The number of benzene rings is 1. The lowest BCUT2D eigenvalue weighted by Gasteiger charge is -2.44. The summed E-state index contributed by atoms with van der Waals surface area (Å²) in [7, 11) is 0. The summed E-state index contributed by atoms with van der Waals surface area (Å²) in [6, 6.07) is 10.5. The Bertz CT molecular complexity index is 845. The fourth-order valence-electron chi connectivity index (χ4n) is 4.30. The van der Waals surface area contributed by atoms with E-state index >= 15 is 0 Å². The first kappa shape index (κ1) is 18.4. The van der Waals surface area contributed by atoms with E-state index in [-0.39, 0.29) is 6.04 Å². The molecule has 146 valence electrons. The van der Waals surface area contributed by atoms with Crippen LogP contribution in [0, 0.1) is 10.8 Å². The Balaban J connectivity index is 1.68. The molecule has 4 rings (SSSR count). The summed E-state index contributed by atoms with van der Waals surface area (Å²) in [5, 5.41) is 19.8. The Hall–Kier alpha value is -2.96. The van der Waals surface area contributed by atoms with Gasteiger partial charge in [0.1, 0.15) is 11.5 Å². The number of hydrogen-bond donors (Lipinski definition) is 3. The van der Waals surface area contributed by atoms with Gasteiger partial charge in [-0.3, -0.25) is 15.7 Å². The number of amidine groups is 1. The van der Waals surface area contributed by atoms with E-state index < -0.39 is 0 Å². The second kappa shape index (κ2) is 7.96. The van der Waals surface area contributed by atoms with Crippen molar-refractivity contribution in [1.82, 2.24) is 9.97 Å². The van der Waals surface area contributed by atoms with Crippen LogP contribution >= 0.6 is 0 Å². The van der Waals surface area contributed by atoms with E-state index in [0.29, 0.717) is 24.4 Å². The predicted molar refractivity (Wildman–Crippen MR) is 114 cm³/mol. The van der Waals surface area contributed by atoms with Gasteiger partial charge in [-0.2, -0.15) is 4.98 Å². The highest BCUT2D eigenvalue weighted by atomic mass is 15.4. The molecule has 0 saturated heterocycles. The Morgan fingerprint density at radius 1 is 1.21 bits per heavy atom. The smallest absolute Gasteiger partial charge is 0.225 e. The SMILES string of the molecule is CC[C@@H]1C(=N)N(C=N)c2cnc(NCc3ccccc3)nc2N1C1CCCC1. The third-order valence-corrected chi connectivity index (χ3v) is 5.69. The summed E-state index contributed by atoms with van der Waals surface area (Å²) in [5.74, 6) is 1.85. The van der Waals surface area contributed by atoms with E-state index in [2.05, 4.69) is 34.3 Å². The molecule has 1 fully saturated rings. The molecule has 0 amide bonds. The van der Waals surface area contributed by atoms with Crippen LogP contribution in [0.3, 0.4) is 0 Å². The Kier molecular flexibility index (Phi) is 5.23. The topological polar surface area (TPSA) is 92.0 Å². The quantitative estimate of drug-likeness (QED) is 0.522. The number of hydrogen-bond acceptors (Lipinski definition) is 6. The van der Waals surface area contributed by atoms with Crippen molar-refractivity contribution < 1.29 is 0 Å². The third kappa shape index (κ3) is 3.32. The molecule has 1 aromatic carbocycles. The standard InChI is InChI=1S/C21H27N7/c1-2-17-19(23)27(14-22)18-13-25-21(24-12-15-8-4-3-5-9-15)26-20(18)28(17)16-10-6-7-11-16/h3-5,8-9,13-14,16-17,22-23H,2,6-7,10-12H2,1H3,(H,24,25,26)/t17-/m1/s1. The number of anilines is 3. The van der Waals surface area contributed by atoms with Gasteiger partial charge in [-0.15, -0.1) is 0 Å². The maximum Gasteiger partial charge on any atom is 0.225 e. The van der Waals surface area contributed by atoms with Crippen LogP contribution in [0.15, 0.2) is 36.5 Å². The van der Waals surface area contributed by atoms with Crippen molar-refractivity contribution >= 4 is 29.6 Å². The van der Waals surface area contributed by atoms with Crippen LogP contribution < -0.4 is 15.1 Å². The van der Waals surface area contributed by atoms with Crippen molar-refractivity contribution in [3.05, 3.63) is 42.1 Å². The van der Waals surface area contributed by atoms with Gasteiger partial charge in [0.25, 0.3) is 0 Å². The molecule has 0 spiro atoms. The maximum absolute atomic E-state index is 8.64. The van der Waals surface area contributed by atoms with E-state index in [4.69, 9.17) is 15.8 Å². The van der Waals surface area contributed by atoms with Crippen molar-refractivity contribution in [3.63, 3.8) is 0 Å². The van der Waals surface area contributed by atoms with Crippen LogP contribution in [0.4, 0.5) is 17.5 Å². The normalized spacial score (nSPS) is 19.6. The number of rotatable bonds is 6. The molecule has 1 aliphatic heterocycles. The van der Waals surface area contributed by atoms with Crippen molar-refractivity contribution in [2.45, 2.75) is 57.7 Å². The summed E-state index contributed by atoms with van der Waals surface area (Å²) in [6.07, 6.45) is 8.46. The average molecular weight is 377 g/mol. The van der Waals surface area contributed by atoms with Crippen molar-refractivity contribution in [2.75, 3.05) is 15.1 Å². The Labute approximate surface area is 165 Å². The molecule has 7 nitrogen and oxygen atoms in total. The molecule has 28 heavy (non-hydrogen) atoms. The largest absolute Gasteiger partial charge is 0.350 e. The lowest BCUT2D eigenvalue weighted by Crippen LogP contribution is -2.56. The van der Waals surface area contributed by atoms with Crippen molar-refractivity contribution in [2.24, 2.45) is 0 Å². The number of fused-ring (bicyclic) bond motifs is 1. The molecule has 3 N–H and O–H groups in total. The molecule has 7 heteroatoms. The Morgan fingerprint density at radius 2 is 1.96 bits per heavy atom. The van der Waals surface area contributed by atoms with Gasteiger partial charge in [-0.25, -0.2) is 4.98 Å². The molecule has 0 unspecified atom stereocenters. The Morgan fingerprint density at radius 3 is 2.64 bits per heavy atom. The first-order valence-corrected chi connectivity index (χ1v) is 10.0. The molecule has 0 bridgehead atoms. The fourth-order valence-corrected chi connectivity index (χ4v) is 4.30. The molecule has 1 saturated carbocycles. The minimum absolute atomic E-state index is 0.0610. The lowest BCUT2D eigenvalue weighted by molar-refractivity contribution is 0.548. The van der Waals surface area contributed by atoms with E-state index in [1.807, 2.05) is 18.2 Å². The molecular weight excluding hydrogens is 350 g/mol. The lowest BCUT2D eigenvalue weighted by atomic mass is 10.0. The zero-order valence-electron chi connectivity index (χ0n) is 16.2. The van der Waals surface area contributed by atoms with Gasteiger partial charge in [0.2, 0.25) is 5.95 Å². The number of nitrogens with zero attached hydrogens (tertiary/aromatic N) is 4. The summed E-state index contributed by atoms with van der Waals surface area (Å²) < 4.78 is 0. The highest BCUT2D eigenvalue weighted by molar-refractivity contribution is 6.16. The van der Waals surface area contributed by atoms with Crippen LogP contribution in [-0.4, -0.2) is 34.2 Å². The molecule has 1 atom stereocenters. The van der Waals surface area contributed by atoms with Gasteiger partial charge < -0.3 is 10.2 Å².